The maximum atomic E-state index is 13.1. The van der Waals surface area contributed by atoms with Gasteiger partial charge in [-0.05, 0) is 55.2 Å². The zero-order valence-electron chi connectivity index (χ0n) is 19.9. The Hall–Kier alpha value is -3.12. The van der Waals surface area contributed by atoms with Gasteiger partial charge in [0.05, 0.1) is 11.3 Å². The van der Waals surface area contributed by atoms with E-state index in [0.717, 1.165) is 49.0 Å². The lowest BCUT2D eigenvalue weighted by molar-refractivity contribution is 0.0911. The van der Waals surface area contributed by atoms with E-state index in [2.05, 4.69) is 60.2 Å². The predicted molar refractivity (Wildman–Crippen MR) is 139 cm³/mol. The number of ketones is 1. The van der Waals surface area contributed by atoms with Gasteiger partial charge in [0, 0.05) is 49.0 Å². The molecular weight excluding hydrogens is 446 g/mol. The summed E-state index contributed by atoms with van der Waals surface area (Å²) in [5, 5.41) is 4.16. The van der Waals surface area contributed by atoms with Crippen LogP contribution in [0.1, 0.15) is 41.9 Å². The van der Waals surface area contributed by atoms with Crippen LogP contribution >= 0.6 is 11.6 Å². The summed E-state index contributed by atoms with van der Waals surface area (Å²) in [6, 6.07) is 16.1. The van der Waals surface area contributed by atoms with Crippen molar-refractivity contribution in [1.29, 1.82) is 0 Å². The van der Waals surface area contributed by atoms with Gasteiger partial charge in [0.1, 0.15) is 5.82 Å². The first kappa shape index (κ1) is 22.7. The summed E-state index contributed by atoms with van der Waals surface area (Å²) in [5.41, 5.74) is 4.66. The minimum atomic E-state index is -0.107. The summed E-state index contributed by atoms with van der Waals surface area (Å²) < 4.78 is 0. The molecule has 0 saturated carbocycles. The molecule has 6 nitrogen and oxygen atoms in total. The van der Waals surface area contributed by atoms with Crippen LogP contribution in [-0.4, -0.2) is 41.9 Å². The summed E-state index contributed by atoms with van der Waals surface area (Å²) in [6.07, 6.45) is 1.27. The number of fused-ring (bicyclic) bond motifs is 1. The van der Waals surface area contributed by atoms with Gasteiger partial charge in [0.2, 0.25) is 5.95 Å². The van der Waals surface area contributed by atoms with Gasteiger partial charge < -0.3 is 15.1 Å². The van der Waals surface area contributed by atoms with E-state index in [0.29, 0.717) is 23.8 Å². The first-order chi connectivity index (χ1) is 16.3. The Labute approximate surface area is 206 Å². The fraction of sp³-hybridized carbons (Fsp3) is 0.370. The topological polar surface area (TPSA) is 61.4 Å². The lowest BCUT2D eigenvalue weighted by Crippen LogP contribution is -2.47. The van der Waals surface area contributed by atoms with Crippen molar-refractivity contribution in [1.82, 2.24) is 9.97 Å². The van der Waals surface area contributed by atoms with Crippen LogP contribution in [0.3, 0.4) is 0 Å². The van der Waals surface area contributed by atoms with Crippen molar-refractivity contribution in [3.05, 3.63) is 70.4 Å². The second-order valence-electron chi connectivity index (χ2n) is 10.1. The number of piperazine rings is 1. The van der Waals surface area contributed by atoms with E-state index in [-0.39, 0.29) is 11.2 Å². The molecule has 5 rings (SSSR count). The molecule has 176 valence electrons. The van der Waals surface area contributed by atoms with Gasteiger partial charge in [0.15, 0.2) is 5.78 Å². The smallest absolute Gasteiger partial charge is 0.227 e. The van der Waals surface area contributed by atoms with E-state index in [1.165, 1.54) is 11.3 Å². The van der Waals surface area contributed by atoms with Crippen LogP contribution in [-0.2, 0) is 6.42 Å². The number of benzene rings is 2. The van der Waals surface area contributed by atoms with Crippen molar-refractivity contribution in [2.45, 2.75) is 33.6 Å². The van der Waals surface area contributed by atoms with E-state index in [1.54, 1.807) is 0 Å². The molecule has 3 aromatic rings. The number of halogens is 1. The number of Topliss-reactive ketones (excluding diaryl/α,β-unsaturated/α-hetero) is 1. The number of rotatable bonds is 4. The molecule has 0 bridgehead atoms. The first-order valence-electron chi connectivity index (χ1n) is 11.8. The molecular formula is C27H30ClN5O. The van der Waals surface area contributed by atoms with Crippen molar-refractivity contribution in [3.8, 4) is 0 Å². The van der Waals surface area contributed by atoms with Crippen LogP contribution < -0.4 is 15.1 Å². The molecule has 0 atom stereocenters. The third-order valence-electron chi connectivity index (χ3n) is 6.60. The van der Waals surface area contributed by atoms with Crippen LogP contribution in [0.4, 0.5) is 23.1 Å². The largest absolute Gasteiger partial charge is 0.368 e. The molecule has 0 amide bonds. The van der Waals surface area contributed by atoms with Gasteiger partial charge >= 0.3 is 0 Å². The molecule has 1 saturated heterocycles. The van der Waals surface area contributed by atoms with E-state index in [4.69, 9.17) is 21.6 Å². The van der Waals surface area contributed by atoms with Gasteiger partial charge in [-0.1, -0.05) is 43.1 Å². The molecule has 34 heavy (non-hydrogen) atoms. The number of aryl methyl sites for hydroxylation is 1. The second-order valence-corrected chi connectivity index (χ2v) is 10.5. The summed E-state index contributed by atoms with van der Waals surface area (Å²) in [5.74, 6) is 1.42. The molecule has 1 N–H and O–H groups in total. The van der Waals surface area contributed by atoms with Crippen LogP contribution in [0.25, 0.3) is 0 Å². The summed E-state index contributed by atoms with van der Waals surface area (Å²) in [6.45, 7) is 9.68. The Balaban J connectivity index is 1.44. The normalized spacial score (nSPS) is 17.5. The molecule has 2 aliphatic rings. The number of anilines is 4. The fourth-order valence-corrected chi connectivity index (χ4v) is 4.90. The summed E-state index contributed by atoms with van der Waals surface area (Å²) in [4.78, 5) is 27.5. The Morgan fingerprint density at radius 3 is 2.21 bits per heavy atom. The average Bonchev–Trinajstić information content (AvgIpc) is 2.80. The van der Waals surface area contributed by atoms with Crippen molar-refractivity contribution in [2.24, 2.45) is 5.41 Å². The highest BCUT2D eigenvalue weighted by Gasteiger charge is 2.35. The second kappa shape index (κ2) is 8.91. The standard InChI is InChI=1S/C27H30ClN5O/c1-18-4-8-20(9-5-18)29-25-24-22(16-27(2,3)17-23(24)34)30-26(31-25)33-14-12-32(13-15-33)21-10-6-19(28)7-11-21/h4-11H,12-17H2,1-3H3,(H,29,30,31). The number of nitrogens with one attached hydrogen (secondary N) is 1. The average molecular weight is 476 g/mol. The van der Waals surface area contributed by atoms with Crippen molar-refractivity contribution in [3.63, 3.8) is 0 Å². The molecule has 7 heteroatoms. The summed E-state index contributed by atoms with van der Waals surface area (Å²) in [7, 11) is 0. The fourth-order valence-electron chi connectivity index (χ4n) is 4.78. The third-order valence-corrected chi connectivity index (χ3v) is 6.86. The van der Waals surface area contributed by atoms with E-state index >= 15 is 0 Å². The highest BCUT2D eigenvalue weighted by molar-refractivity contribution is 6.30. The molecule has 0 unspecified atom stereocenters. The minimum Gasteiger partial charge on any atom is -0.368 e. The number of aromatic nitrogens is 2. The highest BCUT2D eigenvalue weighted by atomic mass is 35.5. The molecule has 1 fully saturated rings. The van der Waals surface area contributed by atoms with Gasteiger partial charge in [-0.15, -0.1) is 0 Å². The number of hydrogen-bond donors (Lipinski definition) is 1. The SMILES string of the molecule is Cc1ccc(Nc2nc(N3CCN(c4ccc(Cl)cc4)CC3)nc3c2C(=O)CC(C)(C)C3)cc1. The molecule has 1 aromatic heterocycles. The highest BCUT2D eigenvalue weighted by Crippen LogP contribution is 2.38. The third kappa shape index (κ3) is 4.73. The van der Waals surface area contributed by atoms with E-state index in [1.807, 2.05) is 24.3 Å². The Morgan fingerprint density at radius 2 is 1.53 bits per heavy atom. The van der Waals surface area contributed by atoms with Crippen LogP contribution in [0.2, 0.25) is 5.02 Å². The molecule has 1 aliphatic heterocycles. The minimum absolute atomic E-state index is 0.107. The van der Waals surface area contributed by atoms with Crippen LogP contribution in [0.5, 0.6) is 0 Å². The lowest BCUT2D eigenvalue weighted by atomic mass is 9.75. The quantitative estimate of drug-likeness (QED) is 0.525. The maximum Gasteiger partial charge on any atom is 0.227 e. The molecule has 1 aliphatic carbocycles. The number of nitrogens with zero attached hydrogens (tertiary/aromatic N) is 4. The number of hydrogen-bond acceptors (Lipinski definition) is 6. The van der Waals surface area contributed by atoms with Crippen LogP contribution in [0, 0.1) is 12.3 Å². The Bertz CT molecular complexity index is 1200. The van der Waals surface area contributed by atoms with Gasteiger partial charge in [-0.25, -0.2) is 4.98 Å². The Kier molecular flexibility index (Phi) is 5.94. The monoisotopic (exact) mass is 475 g/mol. The molecule has 2 heterocycles. The molecule has 0 radical (unpaired) electrons. The number of carbonyl (C=O) groups excluding carboxylic acids is 1. The van der Waals surface area contributed by atoms with Crippen LogP contribution in [0.15, 0.2) is 48.5 Å². The Morgan fingerprint density at radius 1 is 0.882 bits per heavy atom. The van der Waals surface area contributed by atoms with Crippen molar-refractivity contribution >= 4 is 40.5 Å². The number of carbonyl (C=O) groups is 1. The lowest BCUT2D eigenvalue weighted by Gasteiger charge is -2.37. The summed E-state index contributed by atoms with van der Waals surface area (Å²) >= 11 is 6.05. The van der Waals surface area contributed by atoms with Gasteiger partial charge in [-0.2, -0.15) is 4.98 Å². The van der Waals surface area contributed by atoms with E-state index in [9.17, 15) is 4.79 Å². The predicted octanol–water partition coefficient (Wildman–Crippen LogP) is 5.66. The van der Waals surface area contributed by atoms with Crippen molar-refractivity contribution in [2.75, 3.05) is 41.3 Å². The van der Waals surface area contributed by atoms with Gasteiger partial charge in [0.25, 0.3) is 0 Å². The maximum absolute atomic E-state index is 13.1. The molecule has 0 spiro atoms. The van der Waals surface area contributed by atoms with E-state index < -0.39 is 0 Å². The zero-order chi connectivity index (χ0) is 23.9. The van der Waals surface area contributed by atoms with Crippen molar-refractivity contribution < 1.29 is 4.79 Å². The zero-order valence-corrected chi connectivity index (χ0v) is 20.7. The van der Waals surface area contributed by atoms with Gasteiger partial charge in [-0.3, -0.25) is 4.79 Å². The first-order valence-corrected chi connectivity index (χ1v) is 12.2. The molecule has 2 aromatic carbocycles.